The molecule has 2 heterocycles. The quantitative estimate of drug-likeness (QED) is 0.344. The van der Waals surface area contributed by atoms with Crippen molar-refractivity contribution in [2.24, 2.45) is 5.41 Å². The van der Waals surface area contributed by atoms with Crippen LogP contribution in [-0.2, 0) is 0 Å². The van der Waals surface area contributed by atoms with E-state index in [1.165, 1.54) is 36.2 Å². The first kappa shape index (κ1) is 23.2. The lowest BCUT2D eigenvalue weighted by atomic mass is 10.1. The molecule has 1 fully saturated rings. The van der Waals surface area contributed by atoms with Crippen molar-refractivity contribution in [2.75, 3.05) is 13.7 Å². The fourth-order valence-electron chi connectivity index (χ4n) is 2.97. The van der Waals surface area contributed by atoms with Crippen LogP contribution in [0.4, 0.5) is 13.2 Å². The van der Waals surface area contributed by atoms with Crippen molar-refractivity contribution in [1.82, 2.24) is 19.5 Å². The van der Waals surface area contributed by atoms with Gasteiger partial charge in [-0.1, -0.05) is 23.7 Å². The summed E-state index contributed by atoms with van der Waals surface area (Å²) in [7, 11) is 1.53. The van der Waals surface area contributed by atoms with Crippen LogP contribution in [0.2, 0.25) is 5.15 Å². The normalized spacial score (nSPS) is 14.6. The Morgan fingerprint density at radius 2 is 2.00 bits per heavy atom. The Kier molecular flexibility index (Phi) is 6.44. The lowest BCUT2D eigenvalue weighted by molar-refractivity contribution is -0.194. The molecule has 0 atom stereocenters. The van der Waals surface area contributed by atoms with E-state index in [1.807, 2.05) is 12.1 Å². The maximum absolute atomic E-state index is 13.0. The third kappa shape index (κ3) is 5.03. The van der Waals surface area contributed by atoms with Crippen LogP contribution in [0.15, 0.2) is 53.6 Å². The van der Waals surface area contributed by atoms with Gasteiger partial charge in [0.1, 0.15) is 22.9 Å². The van der Waals surface area contributed by atoms with E-state index in [4.69, 9.17) is 21.1 Å². The average molecular weight is 499 g/mol. The third-order valence-corrected chi connectivity index (χ3v) is 6.28. The fraction of sp³-hybridized carbons (Fsp3) is 0.286. The van der Waals surface area contributed by atoms with E-state index in [9.17, 15) is 18.0 Å². The van der Waals surface area contributed by atoms with Gasteiger partial charge in [0.05, 0.1) is 17.6 Å². The number of hydrogen-bond acceptors (Lipinski definition) is 6. The Morgan fingerprint density at radius 1 is 1.24 bits per heavy atom. The highest BCUT2D eigenvalue weighted by atomic mass is 35.5. The molecule has 12 heteroatoms. The number of benzene rings is 1. The van der Waals surface area contributed by atoms with E-state index >= 15 is 0 Å². The molecule has 0 bridgehead atoms. The first-order valence-electron chi connectivity index (χ1n) is 9.75. The lowest BCUT2D eigenvalue weighted by Crippen LogP contribution is -2.30. The molecule has 0 saturated heterocycles. The van der Waals surface area contributed by atoms with Crippen molar-refractivity contribution in [3.05, 3.63) is 59.4 Å². The molecule has 2 aromatic heterocycles. The van der Waals surface area contributed by atoms with Crippen LogP contribution in [0.3, 0.4) is 0 Å². The maximum atomic E-state index is 13.0. The topological polar surface area (TPSA) is 78.3 Å². The molecule has 4 rings (SSSR count). The molecule has 1 aromatic carbocycles. The van der Waals surface area contributed by atoms with E-state index in [0.29, 0.717) is 5.75 Å². The molecular formula is C21H18ClF3N4O3S. The van der Waals surface area contributed by atoms with Crippen molar-refractivity contribution >= 4 is 29.5 Å². The Balaban J connectivity index is 1.40. The summed E-state index contributed by atoms with van der Waals surface area (Å²) >= 11 is 7.27. The molecule has 3 aromatic rings. The highest BCUT2D eigenvalue weighted by Crippen LogP contribution is 2.57. The van der Waals surface area contributed by atoms with Gasteiger partial charge in [-0.05, 0) is 49.1 Å². The summed E-state index contributed by atoms with van der Waals surface area (Å²) < 4.78 is 53.6. The molecule has 174 valence electrons. The van der Waals surface area contributed by atoms with Crippen LogP contribution in [0.5, 0.6) is 11.6 Å². The Morgan fingerprint density at radius 3 is 2.67 bits per heavy atom. The smallest absolute Gasteiger partial charge is 0.397 e. The first-order valence-corrected chi connectivity index (χ1v) is 10.9. The minimum absolute atomic E-state index is 0.0403. The Hall–Kier alpha value is -2.92. The van der Waals surface area contributed by atoms with Crippen LogP contribution in [0.25, 0.3) is 5.82 Å². The number of alkyl halides is 3. The van der Waals surface area contributed by atoms with Crippen LogP contribution in [-0.4, -0.2) is 40.6 Å². The number of carbonyl (C=O) groups excluding carboxylic acids is 1. The van der Waals surface area contributed by atoms with E-state index in [0.717, 1.165) is 16.8 Å². The molecule has 1 amide bonds. The minimum Gasteiger partial charge on any atom is -0.496 e. The molecule has 1 N–H and O–H groups in total. The number of para-hydroxylation sites is 1. The van der Waals surface area contributed by atoms with Gasteiger partial charge in [-0.2, -0.15) is 13.2 Å². The predicted octanol–water partition coefficient (Wildman–Crippen LogP) is 5.09. The summed E-state index contributed by atoms with van der Waals surface area (Å²) in [5.41, 5.74) is -1.64. The third-order valence-electron chi connectivity index (χ3n) is 5.15. The van der Waals surface area contributed by atoms with Gasteiger partial charge < -0.3 is 9.47 Å². The van der Waals surface area contributed by atoms with Crippen LogP contribution < -0.4 is 14.2 Å². The zero-order chi connectivity index (χ0) is 23.6. The minimum atomic E-state index is -4.30. The zero-order valence-corrected chi connectivity index (χ0v) is 18.8. The van der Waals surface area contributed by atoms with Crippen molar-refractivity contribution in [2.45, 2.75) is 23.9 Å². The lowest BCUT2D eigenvalue weighted by Gasteiger charge is -2.18. The van der Waals surface area contributed by atoms with Crippen molar-refractivity contribution in [1.29, 1.82) is 0 Å². The van der Waals surface area contributed by atoms with Gasteiger partial charge in [-0.15, -0.1) is 5.10 Å². The number of amides is 1. The van der Waals surface area contributed by atoms with E-state index in [-0.39, 0.29) is 35.3 Å². The van der Waals surface area contributed by atoms with Crippen molar-refractivity contribution in [3.8, 4) is 17.4 Å². The van der Waals surface area contributed by atoms with Crippen molar-refractivity contribution < 1.29 is 27.4 Å². The standard InChI is InChI=1S/C21H18ClF3N4O3S/c1-31-14-4-2-3-5-15(14)33-28-19(30)13-6-7-16(26-18(13)22)29-11-8-17(27-29)32-12-20(9-10-20)21(23,24)25/h2-8,11H,9-10,12H2,1H3,(H,28,30). The van der Waals surface area contributed by atoms with Gasteiger partial charge in [0.25, 0.3) is 5.91 Å². The number of aromatic nitrogens is 3. The van der Waals surface area contributed by atoms with Gasteiger partial charge in [-0.25, -0.2) is 9.67 Å². The largest absolute Gasteiger partial charge is 0.496 e. The number of nitrogens with zero attached hydrogens (tertiary/aromatic N) is 3. The number of carbonyl (C=O) groups is 1. The molecule has 7 nitrogen and oxygen atoms in total. The number of methoxy groups -OCH3 is 1. The second-order valence-corrected chi connectivity index (χ2v) is 8.56. The molecule has 0 radical (unpaired) electrons. The van der Waals surface area contributed by atoms with Gasteiger partial charge in [0, 0.05) is 12.3 Å². The van der Waals surface area contributed by atoms with Crippen LogP contribution >= 0.6 is 23.5 Å². The maximum Gasteiger partial charge on any atom is 0.397 e. The van der Waals surface area contributed by atoms with Crippen molar-refractivity contribution in [3.63, 3.8) is 0 Å². The summed E-state index contributed by atoms with van der Waals surface area (Å²) in [6.07, 6.45) is -2.72. The van der Waals surface area contributed by atoms with Gasteiger partial charge in [0.15, 0.2) is 5.82 Å². The SMILES string of the molecule is COc1ccccc1SNC(=O)c1ccc(-n2ccc(OCC3(C(F)(F)F)CC3)n2)nc1Cl. The second-order valence-electron chi connectivity index (χ2n) is 7.36. The number of hydrogen-bond donors (Lipinski definition) is 1. The highest BCUT2D eigenvalue weighted by molar-refractivity contribution is 7.98. The summed E-state index contributed by atoms with van der Waals surface area (Å²) in [5, 5.41) is 4.03. The molecule has 0 spiro atoms. The van der Waals surface area contributed by atoms with E-state index in [1.54, 1.807) is 12.1 Å². The molecule has 0 unspecified atom stereocenters. The number of pyridine rings is 1. The van der Waals surface area contributed by atoms with Crippen LogP contribution in [0.1, 0.15) is 23.2 Å². The van der Waals surface area contributed by atoms with Gasteiger partial charge in [-0.3, -0.25) is 9.52 Å². The van der Waals surface area contributed by atoms with Crippen LogP contribution in [0, 0.1) is 5.41 Å². The summed E-state index contributed by atoms with van der Waals surface area (Å²) in [5.74, 6) is 0.474. The van der Waals surface area contributed by atoms with E-state index in [2.05, 4.69) is 14.8 Å². The van der Waals surface area contributed by atoms with E-state index < -0.39 is 24.1 Å². The molecule has 1 aliphatic carbocycles. The summed E-state index contributed by atoms with van der Waals surface area (Å²) in [4.78, 5) is 17.4. The number of ether oxygens (including phenoxy) is 2. The fourth-order valence-corrected chi connectivity index (χ4v) is 3.91. The Bertz CT molecular complexity index is 1170. The summed E-state index contributed by atoms with van der Waals surface area (Å²) in [6.45, 7) is -0.481. The Labute approximate surface area is 196 Å². The zero-order valence-electron chi connectivity index (χ0n) is 17.2. The molecule has 33 heavy (non-hydrogen) atoms. The monoisotopic (exact) mass is 498 g/mol. The predicted molar refractivity (Wildman–Crippen MR) is 116 cm³/mol. The highest BCUT2D eigenvalue weighted by Gasteiger charge is 2.64. The molecule has 0 aliphatic heterocycles. The second kappa shape index (κ2) is 9.14. The molecule has 1 saturated carbocycles. The molecule has 1 aliphatic rings. The van der Waals surface area contributed by atoms with Gasteiger partial charge >= 0.3 is 6.18 Å². The number of nitrogens with one attached hydrogen (secondary N) is 1. The number of halogens is 4. The van der Waals surface area contributed by atoms with Gasteiger partial charge in [0.2, 0.25) is 5.88 Å². The first-order chi connectivity index (χ1) is 15.7. The summed E-state index contributed by atoms with van der Waals surface area (Å²) in [6, 6.07) is 11.6. The molecular weight excluding hydrogens is 481 g/mol. The number of rotatable bonds is 8. The average Bonchev–Trinajstić information content (AvgIpc) is 3.46.